The maximum atomic E-state index is 11.9. The van der Waals surface area contributed by atoms with E-state index in [0.717, 1.165) is 51.8 Å². The summed E-state index contributed by atoms with van der Waals surface area (Å²) in [6.07, 6.45) is 6.40. The number of rotatable bonds is 13. The number of fused-ring (bicyclic) bond motifs is 2. The van der Waals surface area contributed by atoms with Crippen LogP contribution in [0.2, 0.25) is 0 Å². The molecule has 0 spiro atoms. The lowest BCUT2D eigenvalue weighted by Crippen LogP contribution is -2.25. The highest BCUT2D eigenvalue weighted by atomic mass is 16.5. The number of Topliss-reactive ketones (excluding diaryl/α,β-unsaturated/α-hetero) is 1. The third kappa shape index (κ3) is 8.24. The van der Waals surface area contributed by atoms with Gasteiger partial charge in [-0.15, -0.1) is 0 Å². The number of nitrogens with zero attached hydrogens (tertiary/aromatic N) is 3. The molecule has 0 amide bonds. The fourth-order valence-corrected chi connectivity index (χ4v) is 6.08. The first-order chi connectivity index (χ1) is 23.7. The van der Waals surface area contributed by atoms with Crippen molar-refractivity contribution < 1.29 is 14.6 Å². The number of hydrogen-bond donors (Lipinski definition) is 4. The molecule has 0 saturated heterocycles. The first-order valence-electron chi connectivity index (χ1n) is 16.9. The zero-order valence-corrected chi connectivity index (χ0v) is 28.7. The number of unbranched alkanes of at least 4 members (excludes halogenated alkanes) is 1. The second-order valence-corrected chi connectivity index (χ2v) is 12.3. The Kier molecular flexibility index (Phi) is 11.6. The minimum atomic E-state index is -0.315. The molecule has 49 heavy (non-hydrogen) atoms. The molecule has 254 valence electrons. The Balaban J connectivity index is 0.000000263. The second kappa shape index (κ2) is 16.2. The fourth-order valence-electron chi connectivity index (χ4n) is 6.08. The molecule has 6 rings (SSSR count). The van der Waals surface area contributed by atoms with E-state index < -0.39 is 0 Å². The van der Waals surface area contributed by atoms with Gasteiger partial charge in [-0.05, 0) is 50.3 Å². The number of amidine groups is 1. The average Bonchev–Trinajstić information content (AvgIpc) is 3.71. The number of ether oxygens (including phenoxy) is 1. The molecule has 5 N–H and O–H groups in total. The summed E-state index contributed by atoms with van der Waals surface area (Å²) < 4.78 is 7.06. The third-order valence-corrected chi connectivity index (χ3v) is 8.91. The Hall–Kier alpha value is -5.28. The number of benzene rings is 3. The molecule has 0 saturated carbocycles. The molecule has 3 aromatic heterocycles. The average molecular weight is 659 g/mol. The standard InChI is InChI=1S/C27H28N6O.C13H18O2/c1-17(18-9-3-2-4-10-18)25-27(34)33-16-23(20-15-30-21-12-6-5-11-19(20)21)31-22(26(33)32-25)13-7-8-14-24(28)29;1-4-15-11(3)13(14)10(2)12-8-6-5-7-9-12/h2-6,9-12,15-17,30,34H,7-8,13-14H2,1H3,(H3,28,29);5-11H,4H2,1-3H3. The van der Waals surface area contributed by atoms with Crippen molar-refractivity contribution in [1.29, 1.82) is 5.41 Å². The summed E-state index contributed by atoms with van der Waals surface area (Å²) in [5.74, 6) is 0.321. The van der Waals surface area contributed by atoms with Gasteiger partial charge in [-0.2, -0.15) is 0 Å². The monoisotopic (exact) mass is 658 g/mol. The van der Waals surface area contributed by atoms with E-state index in [-0.39, 0.29) is 35.4 Å². The summed E-state index contributed by atoms with van der Waals surface area (Å²) in [6.45, 7) is 8.27. The van der Waals surface area contributed by atoms with Gasteiger partial charge in [-0.25, -0.2) is 9.97 Å². The molecule has 3 unspecified atom stereocenters. The Bertz CT molecular complexity index is 2000. The molecule has 6 aromatic rings. The van der Waals surface area contributed by atoms with Crippen LogP contribution in [0.5, 0.6) is 5.88 Å². The van der Waals surface area contributed by atoms with Crippen LogP contribution in [-0.4, -0.2) is 48.8 Å². The van der Waals surface area contributed by atoms with Crippen LogP contribution < -0.4 is 5.73 Å². The predicted molar refractivity (Wildman–Crippen MR) is 196 cm³/mol. The van der Waals surface area contributed by atoms with Gasteiger partial charge in [0.2, 0.25) is 5.88 Å². The Morgan fingerprint density at radius 2 is 1.59 bits per heavy atom. The van der Waals surface area contributed by atoms with Gasteiger partial charge in [0.05, 0.1) is 17.2 Å². The maximum absolute atomic E-state index is 11.9. The first-order valence-corrected chi connectivity index (χ1v) is 16.9. The minimum absolute atomic E-state index is 0.0665. The number of carbonyl (C=O) groups excluding carboxylic acids is 1. The van der Waals surface area contributed by atoms with Crippen molar-refractivity contribution in [3.8, 4) is 17.1 Å². The molecule has 0 radical (unpaired) electrons. The lowest BCUT2D eigenvalue weighted by Gasteiger charge is -2.16. The number of aryl methyl sites for hydroxylation is 1. The Labute approximate surface area is 287 Å². The van der Waals surface area contributed by atoms with Gasteiger partial charge in [0.25, 0.3) is 0 Å². The SMILES string of the molecule is CC(c1ccccc1)c1nc2c(CCCCC(=N)N)nc(-c3c[nH]c4ccccc34)cn2c1O.CCOC(C)C(=O)C(C)c1ccccc1. The van der Waals surface area contributed by atoms with Crippen LogP contribution in [0.3, 0.4) is 0 Å². The molecule has 9 nitrogen and oxygen atoms in total. The smallest absolute Gasteiger partial charge is 0.219 e. The van der Waals surface area contributed by atoms with Crippen molar-refractivity contribution in [2.24, 2.45) is 5.73 Å². The van der Waals surface area contributed by atoms with E-state index >= 15 is 0 Å². The van der Waals surface area contributed by atoms with Crippen molar-refractivity contribution in [1.82, 2.24) is 19.4 Å². The number of carbonyl (C=O) groups is 1. The van der Waals surface area contributed by atoms with Crippen molar-refractivity contribution in [2.75, 3.05) is 6.61 Å². The predicted octanol–water partition coefficient (Wildman–Crippen LogP) is 8.17. The van der Waals surface area contributed by atoms with Crippen molar-refractivity contribution in [3.05, 3.63) is 120 Å². The van der Waals surface area contributed by atoms with E-state index in [2.05, 4.69) is 18.0 Å². The van der Waals surface area contributed by atoms with Gasteiger partial charge in [-0.1, -0.05) is 92.7 Å². The van der Waals surface area contributed by atoms with Crippen LogP contribution in [0.15, 0.2) is 97.3 Å². The van der Waals surface area contributed by atoms with Gasteiger partial charge in [-0.3, -0.25) is 14.6 Å². The maximum Gasteiger partial charge on any atom is 0.219 e. The largest absolute Gasteiger partial charge is 0.493 e. The van der Waals surface area contributed by atoms with Crippen LogP contribution in [0.1, 0.15) is 81.3 Å². The molecule has 0 aliphatic carbocycles. The van der Waals surface area contributed by atoms with Crippen molar-refractivity contribution in [3.63, 3.8) is 0 Å². The van der Waals surface area contributed by atoms with Crippen molar-refractivity contribution in [2.45, 2.75) is 71.3 Å². The summed E-state index contributed by atoms with van der Waals surface area (Å²) in [4.78, 5) is 25.1. The summed E-state index contributed by atoms with van der Waals surface area (Å²) in [7, 11) is 0. The van der Waals surface area contributed by atoms with Crippen LogP contribution in [0.4, 0.5) is 0 Å². The molecular weight excluding hydrogens is 612 g/mol. The van der Waals surface area contributed by atoms with E-state index in [1.54, 1.807) is 4.40 Å². The zero-order chi connectivity index (χ0) is 34.9. The van der Waals surface area contributed by atoms with Gasteiger partial charge < -0.3 is 20.6 Å². The fraction of sp³-hybridized carbons (Fsp3) is 0.300. The number of aromatic hydroxyl groups is 1. The van der Waals surface area contributed by atoms with Gasteiger partial charge >= 0.3 is 0 Å². The Morgan fingerprint density at radius 3 is 2.27 bits per heavy atom. The highest BCUT2D eigenvalue weighted by molar-refractivity contribution is 5.94. The number of nitrogens with two attached hydrogens (primary N) is 1. The van der Waals surface area contributed by atoms with Crippen LogP contribution in [-0.2, 0) is 16.0 Å². The van der Waals surface area contributed by atoms with Gasteiger partial charge in [0.1, 0.15) is 11.8 Å². The summed E-state index contributed by atoms with van der Waals surface area (Å²) in [5.41, 5.74) is 12.6. The number of aromatic nitrogens is 4. The number of aromatic amines is 1. The quantitative estimate of drug-likeness (QED) is 0.0560. The third-order valence-electron chi connectivity index (χ3n) is 8.91. The number of nitrogens with one attached hydrogen (secondary N) is 2. The van der Waals surface area contributed by atoms with E-state index in [1.165, 1.54) is 0 Å². The molecule has 0 aliphatic rings. The summed E-state index contributed by atoms with van der Waals surface area (Å²) in [6, 6.07) is 28.0. The molecular formula is C40H46N6O3. The topological polar surface area (TPSA) is 142 Å². The lowest BCUT2D eigenvalue weighted by atomic mass is 9.94. The van der Waals surface area contributed by atoms with Crippen LogP contribution in [0.25, 0.3) is 27.8 Å². The summed E-state index contributed by atoms with van der Waals surface area (Å²) >= 11 is 0. The lowest BCUT2D eigenvalue weighted by molar-refractivity contribution is -0.130. The molecule has 3 atom stereocenters. The first kappa shape index (κ1) is 35.0. The van der Waals surface area contributed by atoms with Gasteiger partial charge in [0.15, 0.2) is 11.4 Å². The number of H-pyrrole nitrogens is 1. The van der Waals surface area contributed by atoms with Crippen molar-refractivity contribution >= 4 is 28.2 Å². The molecule has 0 fully saturated rings. The highest BCUT2D eigenvalue weighted by Gasteiger charge is 2.23. The Morgan fingerprint density at radius 1 is 0.939 bits per heavy atom. The number of para-hydroxylation sites is 1. The van der Waals surface area contributed by atoms with E-state index in [1.807, 2.05) is 112 Å². The van der Waals surface area contributed by atoms with Crippen LogP contribution in [0, 0.1) is 5.41 Å². The molecule has 0 bridgehead atoms. The van der Waals surface area contributed by atoms with E-state index in [0.29, 0.717) is 30.8 Å². The number of ketones is 1. The van der Waals surface area contributed by atoms with Gasteiger partial charge in [0, 0.05) is 53.7 Å². The number of hydrogen-bond acceptors (Lipinski definition) is 6. The summed E-state index contributed by atoms with van der Waals surface area (Å²) in [5, 5.41) is 19.8. The second-order valence-electron chi connectivity index (χ2n) is 12.3. The van der Waals surface area contributed by atoms with E-state index in [4.69, 9.17) is 25.8 Å². The van der Waals surface area contributed by atoms with Crippen LogP contribution >= 0.6 is 0 Å². The molecule has 9 heteroatoms. The molecule has 3 heterocycles. The normalized spacial score (nSPS) is 13.1. The minimum Gasteiger partial charge on any atom is -0.493 e. The molecule has 3 aromatic carbocycles. The van der Waals surface area contributed by atoms with E-state index in [9.17, 15) is 9.90 Å². The number of imidazole rings is 1. The molecule has 0 aliphatic heterocycles. The zero-order valence-electron chi connectivity index (χ0n) is 28.7. The highest BCUT2D eigenvalue weighted by Crippen LogP contribution is 2.35.